The maximum atomic E-state index is 5.77. The summed E-state index contributed by atoms with van der Waals surface area (Å²) >= 11 is 1.93. The number of furan rings is 1. The maximum Gasteiger partial charge on any atom is 0.191 e. The van der Waals surface area contributed by atoms with Crippen LogP contribution in [-0.4, -0.2) is 67.8 Å². The Bertz CT molecular complexity index is 588. The zero-order chi connectivity index (χ0) is 19.7. The summed E-state index contributed by atoms with van der Waals surface area (Å²) in [6.07, 6.45) is 9.98. The summed E-state index contributed by atoms with van der Waals surface area (Å²) in [5, 5.41) is 7.00. The molecular formula is C21H37IN4O2S. The average Bonchev–Trinajstić information content (AvgIpc) is 3.28. The summed E-state index contributed by atoms with van der Waals surface area (Å²) < 4.78 is 11.5. The number of piperidine rings is 1. The highest BCUT2D eigenvalue weighted by Crippen LogP contribution is 2.34. The van der Waals surface area contributed by atoms with E-state index in [-0.39, 0.29) is 34.8 Å². The summed E-state index contributed by atoms with van der Waals surface area (Å²) in [5.74, 6) is 1.94. The van der Waals surface area contributed by atoms with Crippen molar-refractivity contribution in [2.75, 3.05) is 52.2 Å². The fourth-order valence-corrected chi connectivity index (χ4v) is 4.82. The van der Waals surface area contributed by atoms with Gasteiger partial charge in [0.25, 0.3) is 0 Å². The quantitative estimate of drug-likeness (QED) is 0.299. The average molecular weight is 537 g/mol. The molecular weight excluding hydrogens is 499 g/mol. The van der Waals surface area contributed by atoms with E-state index in [0.717, 1.165) is 70.5 Å². The number of hydrogen-bond acceptors (Lipinski definition) is 5. The number of halogens is 1. The molecule has 1 atom stereocenters. The summed E-state index contributed by atoms with van der Waals surface area (Å²) in [6, 6.07) is 4.33. The van der Waals surface area contributed by atoms with E-state index in [1.54, 1.807) is 6.26 Å². The van der Waals surface area contributed by atoms with Crippen LogP contribution in [-0.2, 0) is 4.74 Å². The molecule has 2 saturated heterocycles. The van der Waals surface area contributed by atoms with Crippen molar-refractivity contribution in [3.05, 3.63) is 24.2 Å². The molecule has 0 radical (unpaired) electrons. The minimum Gasteiger partial charge on any atom is -0.468 e. The highest BCUT2D eigenvalue weighted by Gasteiger charge is 2.32. The van der Waals surface area contributed by atoms with Gasteiger partial charge in [0.2, 0.25) is 0 Å². The molecule has 3 rings (SSSR count). The number of hydrogen-bond donors (Lipinski definition) is 2. The number of nitrogens with zero attached hydrogens (tertiary/aromatic N) is 2. The second-order valence-corrected chi connectivity index (χ2v) is 8.98. The summed E-state index contributed by atoms with van der Waals surface area (Å²) in [5.41, 5.74) is 0. The summed E-state index contributed by atoms with van der Waals surface area (Å²) in [6.45, 7) is 8.55. The number of guanidine groups is 1. The van der Waals surface area contributed by atoms with Crippen molar-refractivity contribution in [3.8, 4) is 0 Å². The predicted octanol–water partition coefficient (Wildman–Crippen LogP) is 3.89. The van der Waals surface area contributed by atoms with E-state index >= 15 is 0 Å². The van der Waals surface area contributed by atoms with Gasteiger partial charge in [-0.2, -0.15) is 11.8 Å². The van der Waals surface area contributed by atoms with Gasteiger partial charge >= 0.3 is 0 Å². The third-order valence-corrected chi connectivity index (χ3v) is 7.28. The molecule has 2 N–H and O–H groups in total. The Morgan fingerprint density at radius 1 is 1.24 bits per heavy atom. The van der Waals surface area contributed by atoms with Gasteiger partial charge in [0.15, 0.2) is 5.96 Å². The first-order valence-corrected chi connectivity index (χ1v) is 11.9. The van der Waals surface area contributed by atoms with Crippen molar-refractivity contribution in [1.29, 1.82) is 0 Å². The standard InChI is InChI=1S/C21H36N4O2S.HI/c1-3-22-20(24-17-21(28-2)9-14-26-15-10-21)23-16-18(19-8-7-13-27-19)25-11-5-4-6-12-25;/h7-8,13,18H,3-6,9-12,14-17H2,1-2H3,(H2,22,23,24);1H. The van der Waals surface area contributed by atoms with E-state index in [1.807, 2.05) is 17.8 Å². The van der Waals surface area contributed by atoms with Gasteiger partial charge in [0.1, 0.15) is 5.76 Å². The summed E-state index contributed by atoms with van der Waals surface area (Å²) in [7, 11) is 0. The highest BCUT2D eigenvalue weighted by atomic mass is 127. The van der Waals surface area contributed by atoms with Crippen molar-refractivity contribution >= 4 is 41.7 Å². The molecule has 166 valence electrons. The molecule has 1 aromatic rings. The van der Waals surface area contributed by atoms with Crippen LogP contribution >= 0.6 is 35.7 Å². The van der Waals surface area contributed by atoms with E-state index < -0.39 is 0 Å². The number of ether oxygens (including phenoxy) is 1. The smallest absolute Gasteiger partial charge is 0.191 e. The molecule has 1 aromatic heterocycles. The highest BCUT2D eigenvalue weighted by molar-refractivity contribution is 14.0. The molecule has 1 unspecified atom stereocenters. The molecule has 0 saturated carbocycles. The Morgan fingerprint density at radius 3 is 2.62 bits per heavy atom. The molecule has 0 amide bonds. The Labute approximate surface area is 197 Å². The van der Waals surface area contributed by atoms with E-state index in [0.29, 0.717) is 0 Å². The Morgan fingerprint density at radius 2 is 2.00 bits per heavy atom. The topological polar surface area (TPSA) is 62.0 Å². The van der Waals surface area contributed by atoms with Crippen LogP contribution in [0.15, 0.2) is 27.8 Å². The molecule has 6 nitrogen and oxygen atoms in total. The van der Waals surface area contributed by atoms with E-state index in [2.05, 4.69) is 34.8 Å². The molecule has 29 heavy (non-hydrogen) atoms. The maximum absolute atomic E-state index is 5.77. The van der Waals surface area contributed by atoms with Gasteiger partial charge in [-0.25, -0.2) is 0 Å². The lowest BCUT2D eigenvalue weighted by Crippen LogP contribution is -2.45. The molecule has 2 aliphatic heterocycles. The first-order valence-electron chi connectivity index (χ1n) is 10.7. The van der Waals surface area contributed by atoms with Crippen LogP contribution in [0.5, 0.6) is 0 Å². The molecule has 0 spiro atoms. The molecule has 0 aromatic carbocycles. The first-order chi connectivity index (χ1) is 13.8. The Balaban J connectivity index is 0.00000300. The predicted molar refractivity (Wildman–Crippen MR) is 133 cm³/mol. The Hall–Kier alpha value is -0.450. The van der Waals surface area contributed by atoms with Gasteiger partial charge in [-0.15, -0.1) is 24.0 Å². The van der Waals surface area contributed by atoms with Crippen LogP contribution in [0.2, 0.25) is 0 Å². The molecule has 8 heteroatoms. The van der Waals surface area contributed by atoms with Crippen molar-refractivity contribution < 1.29 is 9.15 Å². The normalized spacial score (nSPS) is 21.2. The van der Waals surface area contributed by atoms with Crippen molar-refractivity contribution in [3.63, 3.8) is 0 Å². The first kappa shape index (κ1) is 24.8. The minimum absolute atomic E-state index is 0. The summed E-state index contributed by atoms with van der Waals surface area (Å²) in [4.78, 5) is 7.49. The zero-order valence-electron chi connectivity index (χ0n) is 17.8. The van der Waals surface area contributed by atoms with E-state index in [9.17, 15) is 0 Å². The van der Waals surface area contributed by atoms with Crippen LogP contribution in [0, 0.1) is 0 Å². The lowest BCUT2D eigenvalue weighted by Gasteiger charge is -2.35. The fraction of sp³-hybridized carbons (Fsp3) is 0.762. The lowest BCUT2D eigenvalue weighted by atomic mass is 9.99. The molecule has 2 fully saturated rings. The van der Waals surface area contributed by atoms with Gasteiger partial charge in [0.05, 0.1) is 18.8 Å². The van der Waals surface area contributed by atoms with Crippen LogP contribution in [0.3, 0.4) is 0 Å². The second kappa shape index (κ2) is 13.1. The third-order valence-electron chi connectivity index (χ3n) is 5.87. The van der Waals surface area contributed by atoms with Crippen molar-refractivity contribution in [2.45, 2.75) is 49.8 Å². The van der Waals surface area contributed by atoms with Crippen molar-refractivity contribution in [1.82, 2.24) is 15.5 Å². The number of likely N-dealkylation sites (tertiary alicyclic amines) is 1. The van der Waals surface area contributed by atoms with E-state index in [1.165, 1.54) is 19.3 Å². The van der Waals surface area contributed by atoms with Gasteiger partial charge in [-0.1, -0.05) is 6.42 Å². The molecule has 3 heterocycles. The minimum atomic E-state index is 0. The number of rotatable bonds is 8. The largest absolute Gasteiger partial charge is 0.468 e. The monoisotopic (exact) mass is 536 g/mol. The zero-order valence-corrected chi connectivity index (χ0v) is 21.0. The Kier molecular flexibility index (Phi) is 11.2. The number of thioether (sulfide) groups is 1. The van der Waals surface area contributed by atoms with Gasteiger partial charge in [0, 0.05) is 31.1 Å². The fourth-order valence-electron chi connectivity index (χ4n) is 4.05. The van der Waals surface area contributed by atoms with Gasteiger partial charge < -0.3 is 19.8 Å². The van der Waals surface area contributed by atoms with Crippen LogP contribution in [0.25, 0.3) is 0 Å². The second-order valence-electron chi connectivity index (χ2n) is 7.70. The number of nitrogens with one attached hydrogen (secondary N) is 2. The molecule has 0 bridgehead atoms. The van der Waals surface area contributed by atoms with Crippen molar-refractivity contribution in [2.24, 2.45) is 4.99 Å². The molecule has 2 aliphatic rings. The number of aliphatic imine (C=N–C) groups is 1. The van der Waals surface area contributed by atoms with Gasteiger partial charge in [-0.3, -0.25) is 9.89 Å². The third kappa shape index (κ3) is 7.33. The molecule has 0 aliphatic carbocycles. The van der Waals surface area contributed by atoms with Crippen LogP contribution in [0.4, 0.5) is 0 Å². The SMILES string of the molecule is CCNC(=NCC1(SC)CCOCC1)NCC(c1ccco1)N1CCCCC1.I. The van der Waals surface area contributed by atoms with E-state index in [4.69, 9.17) is 14.1 Å². The van der Waals surface area contributed by atoms with Crippen LogP contribution in [0.1, 0.15) is 50.8 Å². The van der Waals surface area contributed by atoms with Crippen LogP contribution < -0.4 is 10.6 Å². The van der Waals surface area contributed by atoms with Gasteiger partial charge in [-0.05, 0) is 64.1 Å². The lowest BCUT2D eigenvalue weighted by molar-refractivity contribution is 0.0794.